The van der Waals surface area contributed by atoms with Crippen molar-refractivity contribution < 1.29 is 14.1 Å². The van der Waals surface area contributed by atoms with Gasteiger partial charge in [-0.05, 0) is 37.8 Å². The fourth-order valence-corrected chi connectivity index (χ4v) is 4.26. The van der Waals surface area contributed by atoms with E-state index in [0.29, 0.717) is 24.7 Å². The lowest BCUT2D eigenvalue weighted by Gasteiger charge is -2.18. The quantitative estimate of drug-likeness (QED) is 0.468. The van der Waals surface area contributed by atoms with Crippen molar-refractivity contribution >= 4 is 26.6 Å². The molecule has 1 fully saturated rings. The minimum atomic E-state index is -0.286. The second-order valence-corrected chi connectivity index (χ2v) is 7.56. The van der Waals surface area contributed by atoms with Gasteiger partial charge >= 0.3 is 5.97 Å². The SMILES string of the molecule is Cc1ncnc2c1ncn2C1CC(COP)C(COC(=O)c2ccccc2)C1. The third kappa shape index (κ3) is 3.77. The number of aromatic nitrogens is 4. The van der Waals surface area contributed by atoms with Crippen LogP contribution in [0, 0.1) is 18.8 Å². The van der Waals surface area contributed by atoms with E-state index in [1.165, 1.54) is 0 Å². The van der Waals surface area contributed by atoms with Crippen LogP contribution in [-0.4, -0.2) is 38.7 Å². The Kier molecular flexibility index (Phi) is 5.64. The van der Waals surface area contributed by atoms with Crippen molar-refractivity contribution in [2.75, 3.05) is 13.2 Å². The lowest BCUT2D eigenvalue weighted by Crippen LogP contribution is -2.20. The molecule has 28 heavy (non-hydrogen) atoms. The van der Waals surface area contributed by atoms with Crippen LogP contribution in [-0.2, 0) is 9.26 Å². The van der Waals surface area contributed by atoms with Crippen LogP contribution in [0.15, 0.2) is 43.0 Å². The highest BCUT2D eigenvalue weighted by Crippen LogP contribution is 2.41. The number of esters is 1. The summed E-state index contributed by atoms with van der Waals surface area (Å²) in [6.07, 6.45) is 5.23. The predicted octanol–water partition coefficient (Wildman–Crippen LogP) is 3.37. The van der Waals surface area contributed by atoms with Crippen LogP contribution < -0.4 is 0 Å². The van der Waals surface area contributed by atoms with Crippen molar-refractivity contribution in [3.63, 3.8) is 0 Å². The Balaban J connectivity index is 1.48. The van der Waals surface area contributed by atoms with E-state index >= 15 is 0 Å². The Morgan fingerprint density at radius 3 is 2.64 bits per heavy atom. The third-order valence-corrected chi connectivity index (χ3v) is 5.69. The first kappa shape index (κ1) is 19.0. The van der Waals surface area contributed by atoms with Crippen LogP contribution in [0.1, 0.15) is 34.9 Å². The molecule has 3 aromatic rings. The molecule has 2 heterocycles. The van der Waals surface area contributed by atoms with Crippen molar-refractivity contribution in [2.45, 2.75) is 25.8 Å². The number of carbonyl (C=O) groups excluding carboxylic acids is 1. The monoisotopic (exact) mass is 398 g/mol. The van der Waals surface area contributed by atoms with Crippen LogP contribution in [0.3, 0.4) is 0 Å². The molecule has 8 heteroatoms. The summed E-state index contributed by atoms with van der Waals surface area (Å²) in [5.74, 6) is 0.232. The molecule has 0 aliphatic heterocycles. The van der Waals surface area contributed by atoms with E-state index in [1.54, 1.807) is 18.5 Å². The number of hydrogen-bond donors (Lipinski definition) is 0. The van der Waals surface area contributed by atoms with E-state index in [9.17, 15) is 4.79 Å². The maximum absolute atomic E-state index is 12.3. The van der Waals surface area contributed by atoms with Crippen molar-refractivity contribution in [1.82, 2.24) is 19.5 Å². The van der Waals surface area contributed by atoms with E-state index in [-0.39, 0.29) is 17.9 Å². The number of hydrogen-bond acceptors (Lipinski definition) is 6. The van der Waals surface area contributed by atoms with Gasteiger partial charge < -0.3 is 13.8 Å². The molecule has 0 amide bonds. The van der Waals surface area contributed by atoms with Gasteiger partial charge in [-0.25, -0.2) is 19.7 Å². The number of aryl methyl sites for hydroxylation is 1. The molecule has 0 spiro atoms. The number of ether oxygens (including phenoxy) is 1. The first-order valence-electron chi connectivity index (χ1n) is 9.35. The van der Waals surface area contributed by atoms with Gasteiger partial charge in [0.15, 0.2) is 5.65 Å². The summed E-state index contributed by atoms with van der Waals surface area (Å²) in [5.41, 5.74) is 3.13. The smallest absolute Gasteiger partial charge is 0.338 e. The lowest BCUT2D eigenvalue weighted by molar-refractivity contribution is 0.0390. The molecule has 0 bridgehead atoms. The first-order valence-corrected chi connectivity index (χ1v) is 9.82. The normalized spacial score (nSPS) is 21.9. The molecular formula is C20H23N4O3P. The summed E-state index contributed by atoms with van der Waals surface area (Å²) in [6.45, 7) is 2.92. The van der Waals surface area contributed by atoms with Gasteiger partial charge in [0.05, 0.1) is 30.8 Å². The minimum absolute atomic E-state index is 0.221. The Hall–Kier alpha value is -2.37. The molecule has 146 valence electrons. The molecule has 1 saturated carbocycles. The topological polar surface area (TPSA) is 79.1 Å². The second-order valence-electron chi connectivity index (χ2n) is 7.23. The van der Waals surface area contributed by atoms with Gasteiger partial charge in [0.1, 0.15) is 11.8 Å². The molecule has 0 N–H and O–H groups in total. The molecule has 2 aromatic heterocycles. The molecule has 4 atom stereocenters. The molecule has 0 saturated heterocycles. The highest BCUT2D eigenvalue weighted by molar-refractivity contribution is 7.09. The minimum Gasteiger partial charge on any atom is -0.462 e. The fourth-order valence-electron chi connectivity index (χ4n) is 4.02. The third-order valence-electron chi connectivity index (χ3n) is 5.50. The van der Waals surface area contributed by atoms with Gasteiger partial charge in [0.2, 0.25) is 0 Å². The molecule has 0 radical (unpaired) electrons. The zero-order chi connectivity index (χ0) is 19.5. The number of imidazole rings is 1. The van der Waals surface area contributed by atoms with Crippen LogP contribution in [0.25, 0.3) is 11.2 Å². The van der Waals surface area contributed by atoms with Crippen molar-refractivity contribution in [3.05, 3.63) is 54.2 Å². The van der Waals surface area contributed by atoms with Crippen LogP contribution in [0.4, 0.5) is 0 Å². The number of carbonyl (C=O) groups is 1. The van der Waals surface area contributed by atoms with E-state index in [1.807, 2.05) is 31.5 Å². The number of benzene rings is 1. The van der Waals surface area contributed by atoms with Crippen LogP contribution in [0.5, 0.6) is 0 Å². The summed E-state index contributed by atoms with van der Waals surface area (Å²) in [6, 6.07) is 9.32. The van der Waals surface area contributed by atoms with Crippen LogP contribution in [0.2, 0.25) is 0 Å². The fraction of sp³-hybridized carbons (Fsp3) is 0.400. The van der Waals surface area contributed by atoms with Crippen molar-refractivity contribution in [2.24, 2.45) is 11.8 Å². The Morgan fingerprint density at radius 1 is 1.14 bits per heavy atom. The van der Waals surface area contributed by atoms with Gasteiger partial charge in [-0.3, -0.25) is 0 Å². The predicted molar refractivity (Wildman–Crippen MR) is 108 cm³/mol. The summed E-state index contributed by atoms with van der Waals surface area (Å²) in [7, 11) is 2.32. The number of fused-ring (bicyclic) bond motifs is 1. The number of nitrogens with zero attached hydrogens (tertiary/aromatic N) is 4. The largest absolute Gasteiger partial charge is 0.462 e. The standard InChI is InChI=1S/C20H23N4O3P/c1-13-18-19(22-11-21-13)24(12-23-18)17-7-15(16(8-17)10-27-28)9-26-20(25)14-5-3-2-4-6-14/h2-6,11-12,15-17H,7-10,28H2,1H3. The van der Waals surface area contributed by atoms with Gasteiger partial charge in [0.25, 0.3) is 0 Å². The average Bonchev–Trinajstić information content (AvgIpc) is 3.32. The summed E-state index contributed by atoms with van der Waals surface area (Å²) >= 11 is 0. The number of rotatable bonds is 6. The second kappa shape index (κ2) is 8.33. The summed E-state index contributed by atoms with van der Waals surface area (Å²) in [4.78, 5) is 25.4. The van der Waals surface area contributed by atoms with Crippen molar-refractivity contribution in [1.29, 1.82) is 0 Å². The first-order chi connectivity index (χ1) is 13.7. The maximum Gasteiger partial charge on any atom is 0.338 e. The van der Waals surface area contributed by atoms with Gasteiger partial charge in [0, 0.05) is 21.4 Å². The molecular weight excluding hydrogens is 375 g/mol. The molecule has 7 nitrogen and oxygen atoms in total. The zero-order valence-corrected chi connectivity index (χ0v) is 16.8. The zero-order valence-electron chi connectivity index (χ0n) is 15.7. The Bertz CT molecular complexity index is 962. The van der Waals surface area contributed by atoms with E-state index < -0.39 is 0 Å². The van der Waals surface area contributed by atoms with Gasteiger partial charge in [-0.2, -0.15) is 0 Å². The molecule has 1 aliphatic carbocycles. The van der Waals surface area contributed by atoms with E-state index in [0.717, 1.165) is 29.7 Å². The molecule has 1 aliphatic rings. The molecule has 4 unspecified atom stereocenters. The highest BCUT2D eigenvalue weighted by atomic mass is 31.0. The Morgan fingerprint density at radius 2 is 1.89 bits per heavy atom. The maximum atomic E-state index is 12.3. The summed E-state index contributed by atoms with van der Waals surface area (Å²) in [5, 5.41) is 0. The molecule has 1 aromatic carbocycles. The van der Waals surface area contributed by atoms with Gasteiger partial charge in [-0.15, -0.1) is 0 Å². The average molecular weight is 398 g/mol. The van der Waals surface area contributed by atoms with E-state index in [2.05, 4.69) is 29.0 Å². The van der Waals surface area contributed by atoms with E-state index in [4.69, 9.17) is 9.26 Å². The Labute approximate surface area is 165 Å². The molecule has 4 rings (SSSR count). The highest BCUT2D eigenvalue weighted by Gasteiger charge is 2.36. The summed E-state index contributed by atoms with van der Waals surface area (Å²) < 4.78 is 13.1. The van der Waals surface area contributed by atoms with Crippen LogP contribution >= 0.6 is 9.47 Å². The lowest BCUT2D eigenvalue weighted by atomic mass is 9.98. The van der Waals surface area contributed by atoms with Crippen molar-refractivity contribution in [3.8, 4) is 0 Å². The van der Waals surface area contributed by atoms with Gasteiger partial charge in [-0.1, -0.05) is 18.2 Å².